The highest BCUT2D eigenvalue weighted by molar-refractivity contribution is 7.27. The van der Waals surface area contributed by atoms with E-state index in [1.54, 1.807) is 0 Å². The molecule has 3 heteroatoms. The molecule has 1 nitrogen and oxygen atoms in total. The lowest BCUT2D eigenvalue weighted by Crippen LogP contribution is -2.10. The molecule has 0 aliphatic heterocycles. The van der Waals surface area contributed by atoms with Gasteiger partial charge in [0, 0.05) is 47.0 Å². The van der Waals surface area contributed by atoms with E-state index in [0.29, 0.717) is 0 Å². The van der Waals surface area contributed by atoms with Crippen molar-refractivity contribution in [2.45, 2.75) is 0 Å². The quantitative estimate of drug-likeness (QED) is 0.188. The minimum Gasteiger partial charge on any atom is -0.309 e. The van der Waals surface area contributed by atoms with Crippen molar-refractivity contribution >= 4 is 80.1 Å². The Kier molecular flexibility index (Phi) is 6.26. The molecule has 0 amide bonds. The van der Waals surface area contributed by atoms with Gasteiger partial charge in [-0.05, 0) is 64.7 Å². The molecule has 0 unspecified atom stereocenters. The van der Waals surface area contributed by atoms with Gasteiger partial charge >= 0.3 is 0 Å². The monoisotopic (exact) mass is 609 g/mol. The van der Waals surface area contributed by atoms with Crippen LogP contribution in [-0.4, -0.2) is 0 Å². The average Bonchev–Trinajstić information content (AvgIpc) is 3.68. The summed E-state index contributed by atoms with van der Waals surface area (Å²) < 4.78 is 5.24. The molecule has 0 radical (unpaired) electrons. The van der Waals surface area contributed by atoms with Crippen molar-refractivity contribution in [2.75, 3.05) is 4.90 Å². The second-order valence-corrected chi connectivity index (χ2v) is 13.4. The molecule has 0 N–H and O–H groups in total. The lowest BCUT2D eigenvalue weighted by molar-refractivity contribution is 1.31. The maximum atomic E-state index is 2.46. The summed E-state index contributed by atoms with van der Waals surface area (Å²) in [5.74, 6) is 0. The standard InChI is InChI=1S/C42H27NS2/c1-3-12-28(13-4-1)30-16-9-17-31(26-30)43(32-24-25-40-37(27-32)34-18-7-8-23-39(34)44-40)38-22-11-21-36-35-20-10-19-33(41(35)45-42(36)38)29-14-5-2-6-15-29/h1-27H. The van der Waals surface area contributed by atoms with Gasteiger partial charge in [-0.1, -0.05) is 121 Å². The van der Waals surface area contributed by atoms with E-state index < -0.39 is 0 Å². The minimum atomic E-state index is 1.14. The third-order valence-corrected chi connectivity index (χ3v) is 11.1. The molecule has 0 saturated carbocycles. The average molecular weight is 610 g/mol. The van der Waals surface area contributed by atoms with Gasteiger partial charge in [-0.3, -0.25) is 0 Å². The van der Waals surface area contributed by atoms with E-state index in [2.05, 4.69) is 169 Å². The molecule has 45 heavy (non-hydrogen) atoms. The maximum absolute atomic E-state index is 2.46. The second-order valence-electron chi connectivity index (χ2n) is 11.3. The lowest BCUT2D eigenvalue weighted by atomic mass is 10.0. The van der Waals surface area contributed by atoms with Gasteiger partial charge in [0.05, 0.1) is 10.4 Å². The molecule has 0 fully saturated rings. The Morgan fingerprint density at radius 1 is 0.356 bits per heavy atom. The number of anilines is 3. The first-order valence-electron chi connectivity index (χ1n) is 15.2. The van der Waals surface area contributed by atoms with Gasteiger partial charge < -0.3 is 4.90 Å². The topological polar surface area (TPSA) is 3.24 Å². The van der Waals surface area contributed by atoms with Crippen LogP contribution in [-0.2, 0) is 0 Å². The highest BCUT2D eigenvalue weighted by Crippen LogP contribution is 2.48. The largest absolute Gasteiger partial charge is 0.309 e. The van der Waals surface area contributed by atoms with E-state index in [9.17, 15) is 0 Å². The highest BCUT2D eigenvalue weighted by Gasteiger charge is 2.20. The molecule has 7 aromatic carbocycles. The first kappa shape index (κ1) is 26.2. The normalized spacial score (nSPS) is 11.6. The summed E-state index contributed by atoms with van der Waals surface area (Å²) in [6, 6.07) is 59.6. The Balaban J connectivity index is 1.31. The molecule has 9 aromatic rings. The SMILES string of the molecule is c1ccc(-c2cccc(N(c3ccc4sc5ccccc5c4c3)c3cccc4c3sc3c(-c5ccccc5)cccc34)c2)cc1. The summed E-state index contributed by atoms with van der Waals surface area (Å²) in [5.41, 5.74) is 8.44. The van der Waals surface area contributed by atoms with Crippen LogP contribution in [0.5, 0.6) is 0 Å². The van der Waals surface area contributed by atoms with Gasteiger partial charge in [-0.15, -0.1) is 22.7 Å². The molecule has 2 aromatic heterocycles. The van der Waals surface area contributed by atoms with Gasteiger partial charge in [0.15, 0.2) is 0 Å². The number of hydrogen-bond acceptors (Lipinski definition) is 3. The van der Waals surface area contributed by atoms with Crippen molar-refractivity contribution in [3.63, 3.8) is 0 Å². The molecule has 9 rings (SSSR count). The van der Waals surface area contributed by atoms with Crippen LogP contribution in [0.2, 0.25) is 0 Å². The zero-order valence-corrected chi connectivity index (χ0v) is 26.0. The van der Waals surface area contributed by atoms with Crippen molar-refractivity contribution < 1.29 is 0 Å². The first-order chi connectivity index (χ1) is 22.3. The van der Waals surface area contributed by atoms with E-state index in [0.717, 1.165) is 11.4 Å². The summed E-state index contributed by atoms with van der Waals surface area (Å²) in [4.78, 5) is 2.46. The van der Waals surface area contributed by atoms with Gasteiger partial charge in [-0.25, -0.2) is 0 Å². The Morgan fingerprint density at radius 2 is 0.978 bits per heavy atom. The fourth-order valence-electron chi connectivity index (χ4n) is 6.56. The number of thiophene rings is 2. The summed E-state index contributed by atoms with van der Waals surface area (Å²) in [6.07, 6.45) is 0. The van der Waals surface area contributed by atoms with Crippen molar-refractivity contribution in [3.05, 3.63) is 164 Å². The fraction of sp³-hybridized carbons (Fsp3) is 0. The molecule has 0 aliphatic carbocycles. The number of fused-ring (bicyclic) bond motifs is 6. The predicted molar refractivity (Wildman–Crippen MR) is 198 cm³/mol. The van der Waals surface area contributed by atoms with Crippen LogP contribution in [0.4, 0.5) is 17.1 Å². The van der Waals surface area contributed by atoms with Crippen molar-refractivity contribution in [3.8, 4) is 22.3 Å². The molecule has 2 heterocycles. The molecule has 212 valence electrons. The summed E-state index contributed by atoms with van der Waals surface area (Å²) in [6.45, 7) is 0. The van der Waals surface area contributed by atoms with E-state index in [4.69, 9.17) is 0 Å². The molecule has 0 aliphatic rings. The van der Waals surface area contributed by atoms with Crippen LogP contribution in [0.15, 0.2) is 164 Å². The zero-order chi connectivity index (χ0) is 29.7. The van der Waals surface area contributed by atoms with Crippen molar-refractivity contribution in [1.82, 2.24) is 0 Å². The Bertz CT molecular complexity index is 2490. The first-order valence-corrected chi connectivity index (χ1v) is 16.8. The third-order valence-electron chi connectivity index (χ3n) is 8.66. The Morgan fingerprint density at radius 3 is 1.82 bits per heavy atom. The predicted octanol–water partition coefficient (Wildman–Crippen LogP) is 13.2. The van der Waals surface area contributed by atoms with Gasteiger partial charge in [0.2, 0.25) is 0 Å². The molecule has 0 atom stereocenters. The number of nitrogens with zero attached hydrogens (tertiary/aromatic N) is 1. The Hall–Kier alpha value is -5.22. The van der Waals surface area contributed by atoms with E-state index in [-0.39, 0.29) is 0 Å². The summed E-state index contributed by atoms with van der Waals surface area (Å²) >= 11 is 3.76. The van der Waals surface area contributed by atoms with Crippen LogP contribution in [0.1, 0.15) is 0 Å². The van der Waals surface area contributed by atoms with Crippen LogP contribution in [0, 0.1) is 0 Å². The Labute approximate surface area is 269 Å². The summed E-state index contributed by atoms with van der Waals surface area (Å²) in [5, 5.41) is 5.20. The molecule has 0 spiro atoms. The lowest BCUT2D eigenvalue weighted by Gasteiger charge is -2.27. The van der Waals surface area contributed by atoms with Crippen LogP contribution < -0.4 is 4.90 Å². The van der Waals surface area contributed by atoms with Crippen LogP contribution in [0.3, 0.4) is 0 Å². The van der Waals surface area contributed by atoms with E-state index in [1.165, 1.54) is 68.3 Å². The van der Waals surface area contributed by atoms with Crippen molar-refractivity contribution in [1.29, 1.82) is 0 Å². The zero-order valence-electron chi connectivity index (χ0n) is 24.4. The van der Waals surface area contributed by atoms with E-state index in [1.807, 2.05) is 22.7 Å². The van der Waals surface area contributed by atoms with Gasteiger partial charge in [0.1, 0.15) is 0 Å². The van der Waals surface area contributed by atoms with Crippen LogP contribution >= 0.6 is 22.7 Å². The third kappa shape index (κ3) is 4.43. The number of rotatable bonds is 5. The highest BCUT2D eigenvalue weighted by atomic mass is 32.1. The number of benzene rings is 7. The molecular weight excluding hydrogens is 583 g/mol. The van der Waals surface area contributed by atoms with Gasteiger partial charge in [0.25, 0.3) is 0 Å². The maximum Gasteiger partial charge on any atom is 0.0640 e. The molecule has 0 saturated heterocycles. The molecular formula is C42H27NS2. The smallest absolute Gasteiger partial charge is 0.0640 e. The second kappa shape index (κ2) is 10.7. The van der Waals surface area contributed by atoms with Gasteiger partial charge in [-0.2, -0.15) is 0 Å². The van der Waals surface area contributed by atoms with Crippen LogP contribution in [0.25, 0.3) is 62.6 Å². The van der Waals surface area contributed by atoms with Crippen molar-refractivity contribution in [2.24, 2.45) is 0 Å². The summed E-state index contributed by atoms with van der Waals surface area (Å²) in [7, 11) is 0. The molecule has 0 bridgehead atoms. The fourth-order valence-corrected chi connectivity index (χ4v) is 8.99. The number of hydrogen-bond donors (Lipinski definition) is 0. The van der Waals surface area contributed by atoms with E-state index >= 15 is 0 Å². The minimum absolute atomic E-state index is 1.14.